The molecule has 0 radical (unpaired) electrons. The lowest BCUT2D eigenvalue weighted by Gasteiger charge is -2.19. The van der Waals surface area contributed by atoms with Crippen molar-refractivity contribution in [3.8, 4) is 0 Å². The van der Waals surface area contributed by atoms with Gasteiger partial charge in [-0.05, 0) is 62.3 Å². The van der Waals surface area contributed by atoms with Crippen LogP contribution in [0, 0.1) is 23.7 Å². The van der Waals surface area contributed by atoms with E-state index in [2.05, 4.69) is 0 Å². The van der Waals surface area contributed by atoms with Crippen LogP contribution >= 0.6 is 0 Å². The maximum absolute atomic E-state index is 12.7. The van der Waals surface area contributed by atoms with Crippen molar-refractivity contribution in [2.75, 3.05) is 11.5 Å². The van der Waals surface area contributed by atoms with Crippen LogP contribution in [-0.4, -0.2) is 24.4 Å². The molecule has 23 heavy (non-hydrogen) atoms. The lowest BCUT2D eigenvalue weighted by atomic mass is 9.81. The second-order valence-electron chi connectivity index (χ2n) is 6.66. The third-order valence-electron chi connectivity index (χ3n) is 5.56. The van der Waals surface area contributed by atoms with E-state index in [-0.39, 0.29) is 23.7 Å². The van der Waals surface area contributed by atoms with Crippen molar-refractivity contribution in [3.63, 3.8) is 0 Å². The van der Waals surface area contributed by atoms with Crippen molar-refractivity contribution in [2.24, 2.45) is 23.7 Å². The highest BCUT2D eigenvalue weighted by atomic mass is 16.5. The lowest BCUT2D eigenvalue weighted by molar-refractivity contribution is -0.123. The van der Waals surface area contributed by atoms with Crippen LogP contribution in [-0.2, 0) is 14.3 Å². The Kier molecular flexibility index (Phi) is 3.25. The van der Waals surface area contributed by atoms with Gasteiger partial charge in [-0.15, -0.1) is 0 Å². The first kappa shape index (κ1) is 14.4. The van der Waals surface area contributed by atoms with Crippen LogP contribution in [0.5, 0.6) is 0 Å². The topological polar surface area (TPSA) is 63.7 Å². The third kappa shape index (κ3) is 2.02. The first-order chi connectivity index (χ1) is 11.1. The number of fused-ring (bicyclic) bond motifs is 5. The van der Waals surface area contributed by atoms with E-state index in [9.17, 15) is 14.4 Å². The molecule has 0 unspecified atom stereocenters. The van der Waals surface area contributed by atoms with E-state index in [0.29, 0.717) is 29.7 Å². The number of nitrogens with zero attached hydrogens (tertiary/aromatic N) is 1. The summed E-state index contributed by atoms with van der Waals surface area (Å²) in [7, 11) is 0. The minimum Gasteiger partial charge on any atom is -0.462 e. The van der Waals surface area contributed by atoms with Crippen LogP contribution in [0.4, 0.5) is 5.69 Å². The van der Waals surface area contributed by atoms with Crippen molar-refractivity contribution in [1.29, 1.82) is 0 Å². The highest BCUT2D eigenvalue weighted by Gasteiger charge is 2.61. The Morgan fingerprint density at radius 1 is 1.09 bits per heavy atom. The molecule has 1 aromatic carbocycles. The van der Waals surface area contributed by atoms with Gasteiger partial charge >= 0.3 is 5.97 Å². The number of rotatable bonds is 3. The van der Waals surface area contributed by atoms with Gasteiger partial charge in [0.1, 0.15) is 0 Å². The van der Waals surface area contributed by atoms with Crippen LogP contribution in [0.2, 0.25) is 0 Å². The second kappa shape index (κ2) is 5.18. The van der Waals surface area contributed by atoms with E-state index < -0.39 is 5.97 Å². The molecule has 2 amide bonds. The van der Waals surface area contributed by atoms with Crippen LogP contribution in [0.1, 0.15) is 36.5 Å². The lowest BCUT2D eigenvalue weighted by Crippen LogP contribution is -2.32. The molecule has 4 rings (SSSR count). The number of hydrogen-bond acceptors (Lipinski definition) is 4. The fraction of sp³-hybridized carbons (Fsp3) is 0.500. The van der Waals surface area contributed by atoms with Crippen molar-refractivity contribution in [1.82, 2.24) is 0 Å². The molecule has 5 nitrogen and oxygen atoms in total. The number of benzene rings is 1. The van der Waals surface area contributed by atoms with E-state index in [1.807, 2.05) is 0 Å². The average Bonchev–Trinajstić information content (AvgIpc) is 3.22. The summed E-state index contributed by atoms with van der Waals surface area (Å²) in [6, 6.07) is 6.53. The predicted octanol–water partition coefficient (Wildman–Crippen LogP) is 2.40. The van der Waals surface area contributed by atoms with Gasteiger partial charge in [-0.3, -0.25) is 14.5 Å². The van der Waals surface area contributed by atoms with Crippen LogP contribution in [0.25, 0.3) is 0 Å². The Bertz CT molecular complexity index is 653. The zero-order valence-electron chi connectivity index (χ0n) is 13.0. The molecule has 120 valence electrons. The molecule has 3 fully saturated rings. The fourth-order valence-electron chi connectivity index (χ4n) is 4.62. The molecule has 5 heteroatoms. The molecule has 1 aliphatic heterocycles. The van der Waals surface area contributed by atoms with E-state index in [0.717, 1.165) is 19.3 Å². The van der Waals surface area contributed by atoms with Gasteiger partial charge in [0, 0.05) is 0 Å². The van der Waals surface area contributed by atoms with Gasteiger partial charge in [0.15, 0.2) is 0 Å². The van der Waals surface area contributed by atoms with Crippen molar-refractivity contribution >= 4 is 23.5 Å². The molecule has 1 heterocycles. The fourth-order valence-corrected chi connectivity index (χ4v) is 4.62. The molecule has 2 bridgehead atoms. The molecule has 1 aromatic rings. The molecule has 3 aliphatic rings. The predicted molar refractivity (Wildman–Crippen MR) is 82.7 cm³/mol. The summed E-state index contributed by atoms with van der Waals surface area (Å²) in [6.45, 7) is 2.07. The van der Waals surface area contributed by atoms with Crippen LogP contribution < -0.4 is 4.90 Å². The molecule has 1 saturated heterocycles. The van der Waals surface area contributed by atoms with Gasteiger partial charge in [-0.1, -0.05) is 0 Å². The number of imide groups is 1. The number of carbonyl (C=O) groups is 3. The number of hydrogen-bond donors (Lipinski definition) is 0. The first-order valence-electron chi connectivity index (χ1n) is 8.26. The van der Waals surface area contributed by atoms with Gasteiger partial charge in [0.25, 0.3) is 0 Å². The summed E-state index contributed by atoms with van der Waals surface area (Å²) in [6.07, 6.45) is 3.17. The van der Waals surface area contributed by atoms with Crippen molar-refractivity contribution in [3.05, 3.63) is 29.8 Å². The summed E-state index contributed by atoms with van der Waals surface area (Å²) in [4.78, 5) is 38.5. The molecule has 0 aromatic heterocycles. The van der Waals surface area contributed by atoms with Gasteiger partial charge < -0.3 is 4.74 Å². The summed E-state index contributed by atoms with van der Waals surface area (Å²) in [5.41, 5.74) is 0.983. The summed E-state index contributed by atoms with van der Waals surface area (Å²) < 4.78 is 4.95. The normalized spacial score (nSPS) is 31.6. The van der Waals surface area contributed by atoms with Gasteiger partial charge in [0.05, 0.1) is 29.7 Å². The molecule has 2 saturated carbocycles. The maximum atomic E-state index is 12.7. The van der Waals surface area contributed by atoms with E-state index in [4.69, 9.17) is 4.74 Å². The number of carbonyl (C=O) groups excluding carboxylic acids is 3. The minimum atomic E-state index is -0.395. The van der Waals surface area contributed by atoms with E-state index in [1.54, 1.807) is 31.2 Å². The quantitative estimate of drug-likeness (QED) is 0.635. The summed E-state index contributed by atoms with van der Waals surface area (Å²) in [5, 5.41) is 0. The molecule has 4 atom stereocenters. The Hall–Kier alpha value is -2.17. The van der Waals surface area contributed by atoms with Gasteiger partial charge in [-0.2, -0.15) is 0 Å². The maximum Gasteiger partial charge on any atom is 0.338 e. The Morgan fingerprint density at radius 3 is 2.17 bits per heavy atom. The second-order valence-corrected chi connectivity index (χ2v) is 6.66. The summed E-state index contributed by atoms with van der Waals surface area (Å²) in [5.74, 6) is 0.00712. The molecular formula is C18H19NO4. The standard InChI is InChI=1S/C18H19NO4/c1-2-23-18(22)10-5-7-13(8-6-10)19-16(20)14-11-3-4-12(9-11)15(14)17(19)21/h5-8,11-12,14-15H,2-4,9H2,1H3/t11-,12-,14-,15+/m0/s1. The van der Waals surface area contributed by atoms with Crippen molar-refractivity contribution < 1.29 is 19.1 Å². The largest absolute Gasteiger partial charge is 0.462 e. The van der Waals surface area contributed by atoms with E-state index >= 15 is 0 Å². The Morgan fingerprint density at radius 2 is 1.65 bits per heavy atom. The number of anilines is 1. The highest BCUT2D eigenvalue weighted by molar-refractivity contribution is 6.22. The van der Waals surface area contributed by atoms with Crippen molar-refractivity contribution in [2.45, 2.75) is 26.2 Å². The molecule has 0 spiro atoms. The van der Waals surface area contributed by atoms with E-state index in [1.165, 1.54) is 4.90 Å². The van der Waals surface area contributed by atoms with Crippen LogP contribution in [0.15, 0.2) is 24.3 Å². The monoisotopic (exact) mass is 313 g/mol. The SMILES string of the molecule is CCOC(=O)c1ccc(N2C(=O)[C@@H]3[C@H]4CC[C@@H](C4)[C@@H]3C2=O)cc1. The number of amides is 2. The smallest absolute Gasteiger partial charge is 0.338 e. The average molecular weight is 313 g/mol. The van der Waals surface area contributed by atoms with Gasteiger partial charge in [-0.25, -0.2) is 4.79 Å². The molecular weight excluding hydrogens is 294 g/mol. The minimum absolute atomic E-state index is 0.0592. The van der Waals surface area contributed by atoms with Crippen LogP contribution in [0.3, 0.4) is 0 Å². The Balaban J connectivity index is 1.60. The Labute approximate surface area is 134 Å². The van der Waals surface area contributed by atoms with Gasteiger partial charge in [0.2, 0.25) is 11.8 Å². The zero-order valence-corrected chi connectivity index (χ0v) is 13.0. The number of esters is 1. The summed E-state index contributed by atoms with van der Waals surface area (Å²) >= 11 is 0. The zero-order chi connectivity index (χ0) is 16.1. The third-order valence-corrected chi connectivity index (χ3v) is 5.56. The molecule has 0 N–H and O–H groups in total. The first-order valence-corrected chi connectivity index (χ1v) is 8.26. The number of ether oxygens (including phenoxy) is 1. The highest BCUT2D eigenvalue weighted by Crippen LogP contribution is 2.56. The molecule has 2 aliphatic carbocycles.